The van der Waals surface area contributed by atoms with Crippen molar-refractivity contribution in [2.75, 3.05) is 7.05 Å². The Morgan fingerprint density at radius 3 is 2.68 bits per heavy atom. The van der Waals surface area contributed by atoms with Crippen LogP contribution in [0.5, 0.6) is 0 Å². The van der Waals surface area contributed by atoms with Crippen LogP contribution in [0.2, 0.25) is 0 Å². The van der Waals surface area contributed by atoms with Crippen LogP contribution in [0.3, 0.4) is 0 Å². The Hall–Kier alpha value is -1.62. The van der Waals surface area contributed by atoms with E-state index in [1.807, 2.05) is 0 Å². The van der Waals surface area contributed by atoms with Gasteiger partial charge in [0.2, 0.25) is 0 Å². The summed E-state index contributed by atoms with van der Waals surface area (Å²) in [5, 5.41) is 0. The highest BCUT2D eigenvalue weighted by Crippen LogP contribution is 2.17. The van der Waals surface area contributed by atoms with E-state index in [-0.39, 0.29) is 11.7 Å². The summed E-state index contributed by atoms with van der Waals surface area (Å²) in [6.07, 6.45) is 0. The van der Waals surface area contributed by atoms with Crippen LogP contribution in [0.1, 0.15) is 21.7 Å². The molecule has 2 aromatic rings. The van der Waals surface area contributed by atoms with Gasteiger partial charge < -0.3 is 9.32 Å². The van der Waals surface area contributed by atoms with E-state index in [9.17, 15) is 9.18 Å². The Bertz CT molecular complexity index is 609. The monoisotopic (exact) mass is 325 g/mol. The maximum Gasteiger partial charge on any atom is 0.254 e. The first-order chi connectivity index (χ1) is 8.97. The van der Waals surface area contributed by atoms with Crippen LogP contribution >= 0.6 is 15.9 Å². The van der Waals surface area contributed by atoms with Gasteiger partial charge in [-0.3, -0.25) is 4.79 Å². The number of nitrogens with zero attached hydrogens (tertiary/aromatic N) is 1. The molecule has 5 heteroatoms. The molecule has 1 heterocycles. The van der Waals surface area contributed by atoms with Gasteiger partial charge in [-0.2, -0.15) is 0 Å². The van der Waals surface area contributed by atoms with Gasteiger partial charge in [0.05, 0.1) is 6.54 Å². The number of hydrogen-bond acceptors (Lipinski definition) is 2. The Kier molecular flexibility index (Phi) is 4.04. The molecule has 0 aliphatic carbocycles. The zero-order valence-electron chi connectivity index (χ0n) is 10.6. The molecule has 0 fully saturated rings. The molecular weight excluding hydrogens is 313 g/mol. The summed E-state index contributed by atoms with van der Waals surface area (Å²) in [7, 11) is 1.68. The highest BCUT2D eigenvalue weighted by atomic mass is 79.9. The standard InChI is InChI=1S/C14H13BrFNO2/c1-9-7-10(3-5-12(9)16)14(18)17(2)8-11-4-6-13(15)19-11/h3-7H,8H2,1-2H3. The minimum atomic E-state index is -0.311. The Labute approximate surface area is 119 Å². The lowest BCUT2D eigenvalue weighted by atomic mass is 10.1. The second-order valence-electron chi connectivity index (χ2n) is 4.33. The smallest absolute Gasteiger partial charge is 0.254 e. The zero-order chi connectivity index (χ0) is 14.0. The molecule has 0 saturated heterocycles. The number of carbonyl (C=O) groups is 1. The molecule has 100 valence electrons. The molecule has 1 aromatic carbocycles. The first-order valence-corrected chi connectivity index (χ1v) is 6.52. The Balaban J connectivity index is 2.12. The third-order valence-corrected chi connectivity index (χ3v) is 3.20. The average Bonchev–Trinajstić information content (AvgIpc) is 2.77. The fourth-order valence-corrected chi connectivity index (χ4v) is 2.08. The molecule has 0 N–H and O–H groups in total. The molecule has 0 spiro atoms. The summed E-state index contributed by atoms with van der Waals surface area (Å²) < 4.78 is 19.1. The van der Waals surface area contributed by atoms with Gasteiger partial charge >= 0.3 is 0 Å². The highest BCUT2D eigenvalue weighted by molar-refractivity contribution is 9.10. The molecule has 1 aromatic heterocycles. The van der Waals surface area contributed by atoms with Gasteiger partial charge in [0.1, 0.15) is 11.6 Å². The molecule has 0 bridgehead atoms. The van der Waals surface area contributed by atoms with Crippen molar-refractivity contribution < 1.29 is 13.6 Å². The number of aryl methyl sites for hydroxylation is 1. The number of carbonyl (C=O) groups excluding carboxylic acids is 1. The molecule has 0 aliphatic heterocycles. The van der Waals surface area contributed by atoms with E-state index in [0.717, 1.165) is 0 Å². The predicted octanol–water partition coefficient (Wildman–Crippen LogP) is 3.76. The van der Waals surface area contributed by atoms with Crippen molar-refractivity contribution in [1.82, 2.24) is 4.90 Å². The maximum atomic E-state index is 13.2. The molecule has 2 rings (SSSR count). The van der Waals surface area contributed by atoms with Crippen LogP contribution in [-0.4, -0.2) is 17.9 Å². The molecule has 0 atom stereocenters. The SMILES string of the molecule is Cc1cc(C(=O)N(C)Cc2ccc(Br)o2)ccc1F. The molecule has 0 aliphatic rings. The summed E-state index contributed by atoms with van der Waals surface area (Å²) >= 11 is 3.21. The van der Waals surface area contributed by atoms with Gasteiger partial charge in [0.15, 0.2) is 4.67 Å². The number of furan rings is 1. The van der Waals surface area contributed by atoms with Gasteiger partial charge in [-0.15, -0.1) is 0 Å². The fraction of sp³-hybridized carbons (Fsp3) is 0.214. The van der Waals surface area contributed by atoms with Crippen molar-refractivity contribution >= 4 is 21.8 Å². The Morgan fingerprint density at radius 1 is 1.37 bits per heavy atom. The van der Waals surface area contributed by atoms with E-state index in [0.29, 0.717) is 28.1 Å². The Morgan fingerprint density at radius 2 is 2.11 bits per heavy atom. The second kappa shape index (κ2) is 5.57. The molecule has 0 radical (unpaired) electrons. The van der Waals surface area contributed by atoms with Gasteiger partial charge in [0, 0.05) is 12.6 Å². The van der Waals surface area contributed by atoms with Crippen molar-refractivity contribution in [1.29, 1.82) is 0 Å². The van der Waals surface area contributed by atoms with Crippen LogP contribution in [0.25, 0.3) is 0 Å². The van der Waals surface area contributed by atoms with Crippen molar-refractivity contribution in [2.45, 2.75) is 13.5 Å². The lowest BCUT2D eigenvalue weighted by Gasteiger charge is -2.16. The van der Waals surface area contributed by atoms with E-state index in [2.05, 4.69) is 15.9 Å². The molecule has 0 unspecified atom stereocenters. The molecular formula is C14H13BrFNO2. The first kappa shape index (κ1) is 13.8. The van der Waals surface area contributed by atoms with Crippen molar-refractivity contribution in [2.24, 2.45) is 0 Å². The predicted molar refractivity (Wildman–Crippen MR) is 73.3 cm³/mol. The van der Waals surface area contributed by atoms with Crippen LogP contribution in [0, 0.1) is 12.7 Å². The number of benzene rings is 1. The fourth-order valence-electron chi connectivity index (χ4n) is 1.74. The summed E-state index contributed by atoms with van der Waals surface area (Å²) in [5.41, 5.74) is 0.923. The van der Waals surface area contributed by atoms with Crippen LogP contribution in [0.15, 0.2) is 39.4 Å². The molecule has 3 nitrogen and oxygen atoms in total. The second-order valence-corrected chi connectivity index (χ2v) is 5.11. The van der Waals surface area contributed by atoms with Gasteiger partial charge in [-0.25, -0.2) is 4.39 Å². The zero-order valence-corrected chi connectivity index (χ0v) is 12.2. The lowest BCUT2D eigenvalue weighted by molar-refractivity contribution is 0.0775. The third kappa shape index (κ3) is 3.23. The minimum Gasteiger partial charge on any atom is -0.452 e. The number of amides is 1. The van der Waals surface area contributed by atoms with Crippen molar-refractivity contribution in [3.8, 4) is 0 Å². The normalized spacial score (nSPS) is 10.5. The van der Waals surface area contributed by atoms with Crippen molar-refractivity contribution in [3.63, 3.8) is 0 Å². The summed E-state index contributed by atoms with van der Waals surface area (Å²) in [5.74, 6) is 0.200. The topological polar surface area (TPSA) is 33.5 Å². The number of rotatable bonds is 3. The summed E-state index contributed by atoms with van der Waals surface area (Å²) in [6.45, 7) is 2.00. The number of halogens is 2. The summed E-state index contributed by atoms with van der Waals surface area (Å²) in [6, 6.07) is 7.91. The molecule has 19 heavy (non-hydrogen) atoms. The first-order valence-electron chi connectivity index (χ1n) is 5.73. The quantitative estimate of drug-likeness (QED) is 0.860. The third-order valence-electron chi connectivity index (χ3n) is 2.77. The molecule has 0 saturated carbocycles. The minimum absolute atomic E-state index is 0.171. The van der Waals surface area contributed by atoms with E-state index in [1.165, 1.54) is 17.0 Å². The van der Waals surface area contributed by atoms with E-state index in [4.69, 9.17) is 4.42 Å². The van der Waals surface area contributed by atoms with Crippen LogP contribution < -0.4 is 0 Å². The van der Waals surface area contributed by atoms with Gasteiger partial charge in [0.25, 0.3) is 5.91 Å². The van der Waals surface area contributed by atoms with Crippen LogP contribution in [-0.2, 0) is 6.54 Å². The molecule has 1 amide bonds. The van der Waals surface area contributed by atoms with Crippen LogP contribution in [0.4, 0.5) is 4.39 Å². The van der Waals surface area contributed by atoms with E-state index >= 15 is 0 Å². The van der Waals surface area contributed by atoms with Gasteiger partial charge in [-0.05, 0) is 58.7 Å². The number of hydrogen-bond donors (Lipinski definition) is 0. The van der Waals surface area contributed by atoms with Crippen molar-refractivity contribution in [3.05, 3.63) is 57.7 Å². The maximum absolute atomic E-state index is 13.2. The highest BCUT2D eigenvalue weighted by Gasteiger charge is 2.14. The summed E-state index contributed by atoms with van der Waals surface area (Å²) in [4.78, 5) is 13.7. The largest absolute Gasteiger partial charge is 0.452 e. The average molecular weight is 326 g/mol. The van der Waals surface area contributed by atoms with E-state index < -0.39 is 0 Å². The lowest BCUT2D eigenvalue weighted by Crippen LogP contribution is -2.26. The van der Waals surface area contributed by atoms with Gasteiger partial charge in [-0.1, -0.05) is 0 Å². The van der Waals surface area contributed by atoms with E-state index in [1.54, 1.807) is 32.2 Å².